The van der Waals surface area contributed by atoms with Gasteiger partial charge in [-0.05, 0) is 5.41 Å². The van der Waals surface area contributed by atoms with Gasteiger partial charge in [0.2, 0.25) is 5.95 Å². The van der Waals surface area contributed by atoms with Gasteiger partial charge in [0.1, 0.15) is 6.10 Å². The molecular formula is C16H25N5O5. The van der Waals surface area contributed by atoms with Crippen LogP contribution in [0.15, 0.2) is 9.59 Å². The maximum atomic E-state index is 13.1. The molecule has 5 N–H and O–H groups in total. The first-order valence-corrected chi connectivity index (χ1v) is 8.50. The maximum absolute atomic E-state index is 13.1. The van der Waals surface area contributed by atoms with E-state index in [0.717, 1.165) is 4.57 Å². The van der Waals surface area contributed by atoms with Gasteiger partial charge in [-0.15, -0.1) is 0 Å². The van der Waals surface area contributed by atoms with Crippen LogP contribution >= 0.6 is 0 Å². The van der Waals surface area contributed by atoms with Gasteiger partial charge >= 0.3 is 5.69 Å². The minimum Gasteiger partial charge on any atom is -0.394 e. The van der Waals surface area contributed by atoms with Gasteiger partial charge in [-0.25, -0.2) is 9.36 Å². The van der Waals surface area contributed by atoms with E-state index < -0.39 is 35.6 Å². The van der Waals surface area contributed by atoms with Crippen LogP contribution in [0.4, 0.5) is 5.95 Å². The molecule has 144 valence electrons. The second-order valence-electron chi connectivity index (χ2n) is 8.02. The molecule has 0 saturated carbocycles. The summed E-state index contributed by atoms with van der Waals surface area (Å²) in [4.78, 5) is 32.1. The molecule has 3 rings (SSSR count). The Balaban J connectivity index is 2.28. The molecule has 0 aliphatic carbocycles. The number of H-pyrrole nitrogens is 1. The fraction of sp³-hybridized carbons (Fsp3) is 0.688. The average Bonchev–Trinajstić information content (AvgIpc) is 2.94. The molecule has 0 spiro atoms. The fourth-order valence-corrected chi connectivity index (χ4v) is 3.34. The highest BCUT2D eigenvalue weighted by Crippen LogP contribution is 2.34. The summed E-state index contributed by atoms with van der Waals surface area (Å²) in [6.45, 7) is 7.51. The van der Waals surface area contributed by atoms with Crippen molar-refractivity contribution in [3.05, 3.63) is 20.8 Å². The van der Waals surface area contributed by atoms with Gasteiger partial charge in [-0.3, -0.25) is 14.3 Å². The number of ether oxygens (including phenoxy) is 1. The molecule has 0 bridgehead atoms. The lowest BCUT2D eigenvalue weighted by atomic mass is 9.97. The number of hydrogen-bond acceptors (Lipinski definition) is 7. The van der Waals surface area contributed by atoms with Crippen molar-refractivity contribution in [2.45, 2.75) is 52.7 Å². The highest BCUT2D eigenvalue weighted by atomic mass is 16.5. The van der Waals surface area contributed by atoms with Crippen molar-refractivity contribution >= 4 is 17.1 Å². The van der Waals surface area contributed by atoms with Gasteiger partial charge in [-0.1, -0.05) is 27.7 Å². The molecule has 1 aliphatic heterocycles. The number of nitrogens with one attached hydrogen (secondary N) is 1. The molecule has 2 aromatic heterocycles. The number of nitrogen functional groups attached to an aromatic ring is 1. The summed E-state index contributed by atoms with van der Waals surface area (Å²) < 4.78 is 8.17. The van der Waals surface area contributed by atoms with Gasteiger partial charge in [0.15, 0.2) is 17.4 Å². The molecule has 1 aliphatic rings. The number of nitrogens with two attached hydrogens (primary N) is 1. The number of aromatic nitrogens is 4. The van der Waals surface area contributed by atoms with Crippen LogP contribution < -0.4 is 17.0 Å². The van der Waals surface area contributed by atoms with Crippen LogP contribution in [0, 0.1) is 11.3 Å². The van der Waals surface area contributed by atoms with Crippen molar-refractivity contribution in [2.24, 2.45) is 11.3 Å². The lowest BCUT2D eigenvalue weighted by Crippen LogP contribution is -2.34. The number of anilines is 1. The van der Waals surface area contributed by atoms with Crippen LogP contribution in [-0.4, -0.2) is 48.1 Å². The van der Waals surface area contributed by atoms with E-state index in [9.17, 15) is 19.8 Å². The third-order valence-corrected chi connectivity index (χ3v) is 4.63. The Hall–Kier alpha value is -2.17. The average molecular weight is 367 g/mol. The predicted molar refractivity (Wildman–Crippen MR) is 94.6 cm³/mol. The van der Waals surface area contributed by atoms with Crippen molar-refractivity contribution in [1.29, 1.82) is 0 Å². The van der Waals surface area contributed by atoms with Gasteiger partial charge in [0, 0.05) is 12.5 Å². The molecule has 10 nitrogen and oxygen atoms in total. The number of aromatic amines is 1. The minimum absolute atomic E-state index is 0.0512. The number of fused-ring (bicyclic) bond motifs is 1. The zero-order chi connectivity index (χ0) is 19.4. The molecule has 0 radical (unpaired) electrons. The largest absolute Gasteiger partial charge is 0.394 e. The SMILES string of the molecule is CC1C(CO)OC(n2c(=O)n(CC(C)(C)C)c3c(=O)[nH]c(N)nc32)C1O. The molecule has 26 heavy (non-hydrogen) atoms. The number of imidazole rings is 1. The lowest BCUT2D eigenvalue weighted by molar-refractivity contribution is -0.0511. The third-order valence-electron chi connectivity index (χ3n) is 4.63. The number of aliphatic hydroxyl groups is 2. The Morgan fingerprint density at radius 1 is 1.35 bits per heavy atom. The molecule has 1 fully saturated rings. The van der Waals surface area contributed by atoms with Crippen molar-refractivity contribution < 1.29 is 14.9 Å². The Morgan fingerprint density at radius 2 is 2.00 bits per heavy atom. The van der Waals surface area contributed by atoms with Crippen LogP contribution in [0.2, 0.25) is 0 Å². The van der Waals surface area contributed by atoms with E-state index in [4.69, 9.17) is 10.5 Å². The van der Waals surface area contributed by atoms with Crippen LogP contribution in [-0.2, 0) is 11.3 Å². The van der Waals surface area contributed by atoms with E-state index >= 15 is 0 Å². The summed E-state index contributed by atoms with van der Waals surface area (Å²) in [5.41, 5.74) is 4.45. The molecule has 1 saturated heterocycles. The normalized spacial score (nSPS) is 26.7. The standard InChI is InChI=1S/C16H25N5O5/c1-7-8(5-22)26-13(10(7)23)21-11-9(12(24)19-14(17)18-11)20(15(21)25)6-16(2,3)4/h7-8,10,13,22-23H,5-6H2,1-4H3,(H3,17,18,19,24). The van der Waals surface area contributed by atoms with E-state index in [1.807, 2.05) is 20.8 Å². The highest BCUT2D eigenvalue weighted by Gasteiger charge is 2.43. The van der Waals surface area contributed by atoms with Crippen LogP contribution in [0.1, 0.15) is 33.9 Å². The third kappa shape index (κ3) is 2.93. The van der Waals surface area contributed by atoms with Crippen molar-refractivity contribution in [1.82, 2.24) is 19.1 Å². The first-order valence-electron chi connectivity index (χ1n) is 8.50. The highest BCUT2D eigenvalue weighted by molar-refractivity contribution is 5.71. The van der Waals surface area contributed by atoms with Crippen LogP contribution in [0.5, 0.6) is 0 Å². The summed E-state index contributed by atoms with van der Waals surface area (Å²) in [7, 11) is 0. The number of hydrogen-bond donors (Lipinski definition) is 4. The second-order valence-corrected chi connectivity index (χ2v) is 8.02. The van der Waals surface area contributed by atoms with E-state index in [1.165, 1.54) is 4.57 Å². The quantitative estimate of drug-likeness (QED) is 0.566. The Morgan fingerprint density at radius 3 is 2.54 bits per heavy atom. The van der Waals surface area contributed by atoms with Gasteiger partial charge in [0.25, 0.3) is 5.56 Å². The molecule has 3 heterocycles. The van der Waals surface area contributed by atoms with Crippen LogP contribution in [0.3, 0.4) is 0 Å². The lowest BCUT2D eigenvalue weighted by Gasteiger charge is -2.19. The van der Waals surface area contributed by atoms with E-state index in [0.29, 0.717) is 0 Å². The predicted octanol–water partition coefficient (Wildman–Crippen LogP) is -0.599. The van der Waals surface area contributed by atoms with E-state index in [2.05, 4.69) is 9.97 Å². The summed E-state index contributed by atoms with van der Waals surface area (Å²) in [5, 5.41) is 20.0. The summed E-state index contributed by atoms with van der Waals surface area (Å²) in [6.07, 6.45) is -2.73. The van der Waals surface area contributed by atoms with E-state index in [1.54, 1.807) is 6.92 Å². The number of aliphatic hydroxyl groups excluding tert-OH is 2. The molecule has 0 amide bonds. The smallest absolute Gasteiger partial charge is 0.332 e. The maximum Gasteiger partial charge on any atom is 0.332 e. The Bertz CT molecular complexity index is 937. The van der Waals surface area contributed by atoms with Crippen molar-refractivity contribution in [3.8, 4) is 0 Å². The second kappa shape index (κ2) is 6.22. The van der Waals surface area contributed by atoms with Crippen molar-refractivity contribution in [3.63, 3.8) is 0 Å². The van der Waals surface area contributed by atoms with Gasteiger partial charge in [0.05, 0.1) is 12.7 Å². The minimum atomic E-state index is -1.06. The monoisotopic (exact) mass is 367 g/mol. The molecule has 4 atom stereocenters. The molecule has 4 unspecified atom stereocenters. The summed E-state index contributed by atoms with van der Waals surface area (Å²) >= 11 is 0. The first kappa shape index (κ1) is 18.6. The van der Waals surface area contributed by atoms with Gasteiger partial charge in [-0.2, -0.15) is 4.98 Å². The number of nitrogens with zero attached hydrogens (tertiary/aromatic N) is 3. The Kier molecular flexibility index (Phi) is 4.45. The number of rotatable bonds is 3. The first-order chi connectivity index (χ1) is 12.0. The molecule has 2 aromatic rings. The summed E-state index contributed by atoms with van der Waals surface area (Å²) in [6, 6.07) is 0. The van der Waals surface area contributed by atoms with Crippen molar-refractivity contribution in [2.75, 3.05) is 12.3 Å². The molecular weight excluding hydrogens is 342 g/mol. The zero-order valence-electron chi connectivity index (χ0n) is 15.3. The topological polar surface area (TPSA) is 148 Å². The zero-order valence-corrected chi connectivity index (χ0v) is 15.3. The Labute approximate surface area is 149 Å². The molecule has 0 aromatic carbocycles. The van der Waals surface area contributed by atoms with Gasteiger partial charge < -0.3 is 20.7 Å². The van der Waals surface area contributed by atoms with Crippen LogP contribution in [0.25, 0.3) is 11.2 Å². The molecule has 10 heteroatoms. The fourth-order valence-electron chi connectivity index (χ4n) is 3.34. The summed E-state index contributed by atoms with van der Waals surface area (Å²) in [5.74, 6) is -0.527. The van der Waals surface area contributed by atoms with E-state index in [-0.39, 0.29) is 35.7 Å².